The maximum absolute atomic E-state index is 13.2. The van der Waals surface area contributed by atoms with Gasteiger partial charge in [-0.25, -0.2) is 4.98 Å². The summed E-state index contributed by atoms with van der Waals surface area (Å²) in [5.41, 5.74) is 4.40. The summed E-state index contributed by atoms with van der Waals surface area (Å²) in [5, 5.41) is 2.93. The number of nitrogens with zero attached hydrogens (tertiary/aromatic N) is 3. The Kier molecular flexibility index (Phi) is 5.82. The van der Waals surface area contributed by atoms with Crippen LogP contribution in [0.3, 0.4) is 0 Å². The summed E-state index contributed by atoms with van der Waals surface area (Å²) in [6.45, 7) is 7.35. The van der Waals surface area contributed by atoms with E-state index in [4.69, 9.17) is 4.74 Å². The molecule has 0 atom stereocenters. The van der Waals surface area contributed by atoms with E-state index in [0.29, 0.717) is 17.2 Å². The van der Waals surface area contributed by atoms with Crippen molar-refractivity contribution in [3.8, 4) is 0 Å². The van der Waals surface area contributed by atoms with Crippen molar-refractivity contribution in [2.45, 2.75) is 46.2 Å². The van der Waals surface area contributed by atoms with Crippen molar-refractivity contribution < 1.29 is 9.53 Å². The first-order chi connectivity index (χ1) is 14.9. The molecule has 0 unspecified atom stereocenters. The molecular formula is C23H29N5O3. The van der Waals surface area contributed by atoms with E-state index in [1.807, 2.05) is 37.3 Å². The van der Waals surface area contributed by atoms with Gasteiger partial charge in [0, 0.05) is 55.2 Å². The smallest absolute Gasteiger partial charge is 0.253 e. The summed E-state index contributed by atoms with van der Waals surface area (Å²) < 4.78 is 7.54. The number of rotatable bonds is 5. The van der Waals surface area contributed by atoms with Gasteiger partial charge in [-0.1, -0.05) is 0 Å². The van der Waals surface area contributed by atoms with Crippen molar-refractivity contribution >= 4 is 17.2 Å². The number of fused-ring (bicyclic) bond motifs is 1. The highest BCUT2D eigenvalue weighted by Gasteiger charge is 2.24. The molecule has 3 aromatic rings. The third kappa shape index (κ3) is 4.07. The fraction of sp³-hybridized carbons (Fsp3) is 0.435. The zero-order valence-electron chi connectivity index (χ0n) is 18.5. The van der Waals surface area contributed by atoms with Crippen LogP contribution in [0.4, 0.5) is 5.82 Å². The van der Waals surface area contributed by atoms with Crippen molar-refractivity contribution in [1.29, 1.82) is 0 Å². The number of aryl methyl sites for hydroxylation is 2. The number of nitrogens with one attached hydrogen (secondary N) is 2. The number of carbonyl (C=O) groups excluding carboxylic acids is 1. The third-order valence-corrected chi connectivity index (χ3v) is 6.16. The van der Waals surface area contributed by atoms with Gasteiger partial charge in [0.1, 0.15) is 12.1 Å². The van der Waals surface area contributed by atoms with E-state index in [-0.39, 0.29) is 18.0 Å². The molecule has 0 bridgehead atoms. The van der Waals surface area contributed by atoms with E-state index in [1.165, 1.54) is 0 Å². The Balaban J connectivity index is 1.65. The van der Waals surface area contributed by atoms with Gasteiger partial charge in [0.25, 0.3) is 11.5 Å². The molecular weight excluding hydrogens is 394 g/mol. The molecule has 1 saturated heterocycles. The number of ether oxygens (including phenoxy) is 1. The van der Waals surface area contributed by atoms with Crippen LogP contribution >= 0.6 is 0 Å². The highest BCUT2D eigenvalue weighted by molar-refractivity contribution is 5.98. The Labute approximate surface area is 181 Å². The predicted molar refractivity (Wildman–Crippen MR) is 120 cm³/mol. The molecule has 8 nitrogen and oxygen atoms in total. The maximum Gasteiger partial charge on any atom is 0.253 e. The molecule has 1 aliphatic heterocycles. The summed E-state index contributed by atoms with van der Waals surface area (Å²) >= 11 is 0. The standard InChI is InChI=1S/C23H29N5O3/c1-14-9-15(2)26-22(30)20(14)12-25-21(29)19-10-18-11-24-13-28(18)23(16(19)3)27(4)17-5-7-31-8-6-17/h9-11,13,17H,5-8,12H2,1-4H3,(H,25,29)(H,26,30). The minimum atomic E-state index is -0.206. The van der Waals surface area contributed by atoms with E-state index >= 15 is 0 Å². The van der Waals surface area contributed by atoms with Crippen LogP contribution in [0.5, 0.6) is 0 Å². The second-order valence-corrected chi connectivity index (χ2v) is 8.28. The van der Waals surface area contributed by atoms with Crippen LogP contribution in [-0.2, 0) is 11.3 Å². The van der Waals surface area contributed by atoms with Crippen molar-refractivity contribution in [3.63, 3.8) is 0 Å². The Hall–Kier alpha value is -3.13. The molecule has 0 aliphatic carbocycles. The predicted octanol–water partition coefficient (Wildman–Crippen LogP) is 2.49. The van der Waals surface area contributed by atoms with E-state index in [0.717, 1.165) is 54.2 Å². The molecule has 164 valence electrons. The van der Waals surface area contributed by atoms with Crippen LogP contribution in [0.2, 0.25) is 0 Å². The first-order valence-corrected chi connectivity index (χ1v) is 10.6. The molecule has 0 aromatic carbocycles. The van der Waals surface area contributed by atoms with Gasteiger partial charge in [0.05, 0.1) is 11.7 Å². The molecule has 0 radical (unpaired) electrons. The number of aromatic nitrogens is 3. The summed E-state index contributed by atoms with van der Waals surface area (Å²) in [4.78, 5) is 34.8. The van der Waals surface area contributed by atoms with Crippen molar-refractivity contribution in [2.24, 2.45) is 0 Å². The number of imidazole rings is 1. The highest BCUT2D eigenvalue weighted by atomic mass is 16.5. The van der Waals surface area contributed by atoms with E-state index in [1.54, 1.807) is 12.5 Å². The van der Waals surface area contributed by atoms with Gasteiger partial charge in [-0.2, -0.15) is 0 Å². The number of hydrogen-bond acceptors (Lipinski definition) is 5. The minimum absolute atomic E-state index is 0.166. The van der Waals surface area contributed by atoms with Gasteiger partial charge in [0.15, 0.2) is 0 Å². The second kappa shape index (κ2) is 8.55. The number of pyridine rings is 2. The lowest BCUT2D eigenvalue weighted by molar-refractivity contribution is 0.0852. The third-order valence-electron chi connectivity index (χ3n) is 6.16. The number of hydrogen-bond donors (Lipinski definition) is 2. The topological polar surface area (TPSA) is 91.7 Å². The van der Waals surface area contributed by atoms with Crippen molar-refractivity contribution in [1.82, 2.24) is 19.7 Å². The quantitative estimate of drug-likeness (QED) is 0.658. The van der Waals surface area contributed by atoms with Crippen LogP contribution in [0.15, 0.2) is 29.5 Å². The molecule has 2 N–H and O–H groups in total. The van der Waals surface area contributed by atoms with Crippen molar-refractivity contribution in [3.05, 3.63) is 63.0 Å². The Morgan fingerprint density at radius 3 is 2.74 bits per heavy atom. The lowest BCUT2D eigenvalue weighted by Gasteiger charge is -2.34. The van der Waals surface area contributed by atoms with Gasteiger partial charge in [-0.3, -0.25) is 14.0 Å². The average molecular weight is 424 g/mol. The molecule has 1 fully saturated rings. The van der Waals surface area contributed by atoms with Gasteiger partial charge >= 0.3 is 0 Å². The fourth-order valence-electron chi connectivity index (χ4n) is 4.43. The molecule has 8 heteroatoms. The zero-order valence-corrected chi connectivity index (χ0v) is 18.5. The largest absolute Gasteiger partial charge is 0.381 e. The van der Waals surface area contributed by atoms with Crippen molar-refractivity contribution in [2.75, 3.05) is 25.2 Å². The number of aromatic amines is 1. The molecule has 1 aliphatic rings. The normalized spacial score (nSPS) is 14.7. The van der Waals surface area contributed by atoms with E-state index < -0.39 is 0 Å². The highest BCUT2D eigenvalue weighted by Crippen LogP contribution is 2.29. The fourth-order valence-corrected chi connectivity index (χ4v) is 4.43. The van der Waals surface area contributed by atoms with Crippen LogP contribution < -0.4 is 15.8 Å². The Morgan fingerprint density at radius 2 is 2.03 bits per heavy atom. The van der Waals surface area contributed by atoms with Crippen LogP contribution in [0.1, 0.15) is 45.6 Å². The second-order valence-electron chi connectivity index (χ2n) is 8.28. The summed E-state index contributed by atoms with van der Waals surface area (Å²) in [5.74, 6) is 0.749. The number of amides is 1. The summed E-state index contributed by atoms with van der Waals surface area (Å²) in [7, 11) is 2.06. The van der Waals surface area contributed by atoms with Gasteiger partial charge in [0.2, 0.25) is 0 Å². The number of carbonyl (C=O) groups is 1. The molecule has 4 heterocycles. The molecule has 0 saturated carbocycles. The van der Waals surface area contributed by atoms with E-state index in [9.17, 15) is 9.59 Å². The molecule has 1 amide bonds. The van der Waals surface area contributed by atoms with Gasteiger partial charge < -0.3 is 19.9 Å². The Bertz CT molecular complexity index is 1170. The number of anilines is 1. The minimum Gasteiger partial charge on any atom is -0.381 e. The molecule has 31 heavy (non-hydrogen) atoms. The molecule has 4 rings (SSSR count). The Morgan fingerprint density at radius 1 is 1.29 bits per heavy atom. The lowest BCUT2D eigenvalue weighted by Crippen LogP contribution is -2.38. The number of H-pyrrole nitrogens is 1. The lowest BCUT2D eigenvalue weighted by atomic mass is 10.0. The molecule has 3 aromatic heterocycles. The van der Waals surface area contributed by atoms with Gasteiger partial charge in [-0.05, 0) is 51.3 Å². The summed E-state index contributed by atoms with van der Waals surface area (Å²) in [6.07, 6.45) is 5.42. The van der Waals surface area contributed by atoms with Gasteiger partial charge in [-0.15, -0.1) is 0 Å². The molecule has 0 spiro atoms. The SMILES string of the molecule is Cc1cc(C)c(CNC(=O)c2cc3cncn3c(N(C)C3CCOCC3)c2C)c(=O)[nH]1. The first kappa shape index (κ1) is 21.1. The van der Waals surface area contributed by atoms with Crippen LogP contribution in [0.25, 0.3) is 5.52 Å². The summed E-state index contributed by atoms with van der Waals surface area (Å²) in [6, 6.07) is 4.10. The monoisotopic (exact) mass is 423 g/mol. The van der Waals surface area contributed by atoms with Crippen LogP contribution in [0, 0.1) is 20.8 Å². The average Bonchev–Trinajstić information content (AvgIpc) is 3.20. The van der Waals surface area contributed by atoms with E-state index in [2.05, 4.69) is 27.2 Å². The maximum atomic E-state index is 13.2. The first-order valence-electron chi connectivity index (χ1n) is 10.6. The zero-order chi connectivity index (χ0) is 22.1. The van der Waals surface area contributed by atoms with Crippen LogP contribution in [-0.4, -0.2) is 46.6 Å².